The number of benzene rings is 1. The van der Waals surface area contributed by atoms with Crippen LogP contribution in [0.1, 0.15) is 5.56 Å². The molecule has 0 aliphatic heterocycles. The summed E-state index contributed by atoms with van der Waals surface area (Å²) >= 11 is 2.32. The number of rotatable bonds is 2. The van der Waals surface area contributed by atoms with Crippen LogP contribution >= 0.6 is 28.4 Å². The van der Waals surface area contributed by atoms with Gasteiger partial charge in [-0.1, -0.05) is 6.07 Å². The van der Waals surface area contributed by atoms with E-state index in [4.69, 9.17) is 5.73 Å². The number of hydrogen-bond donors (Lipinski definition) is 1. The van der Waals surface area contributed by atoms with Crippen molar-refractivity contribution < 1.29 is 0 Å². The second-order valence-corrected chi connectivity index (χ2v) is 4.78. The zero-order chi connectivity index (χ0) is 9.26. The van der Waals surface area contributed by atoms with Gasteiger partial charge in [0, 0.05) is 11.9 Å². The highest BCUT2D eigenvalue weighted by atomic mass is 127. The molecule has 13 heavy (non-hydrogen) atoms. The summed E-state index contributed by atoms with van der Waals surface area (Å²) in [6, 6.07) is 6.23. The lowest BCUT2D eigenvalue weighted by Crippen LogP contribution is -1.95. The fourth-order valence-corrected chi connectivity index (χ4v) is 2.83. The number of hydrogen-bond acceptors (Lipinski definition) is 2. The monoisotopic (exact) mass is 305 g/mol. The van der Waals surface area contributed by atoms with E-state index in [9.17, 15) is 0 Å². The van der Waals surface area contributed by atoms with Gasteiger partial charge >= 0.3 is 0 Å². The number of fused-ring (bicyclic) bond motifs is 1. The van der Waals surface area contributed by atoms with Gasteiger partial charge in [-0.05, 0) is 39.7 Å². The SMILES string of the molecule is NCc1ccc2c(cnn2PI)c1. The third-order valence-electron chi connectivity index (χ3n) is 1.95. The molecule has 0 spiro atoms. The first kappa shape index (κ1) is 9.37. The summed E-state index contributed by atoms with van der Waals surface area (Å²) in [6.45, 7) is 0.591. The highest BCUT2D eigenvalue weighted by Gasteiger charge is 2.01. The number of halogens is 1. The Balaban J connectivity index is 2.61. The van der Waals surface area contributed by atoms with E-state index in [0.717, 1.165) is 5.56 Å². The smallest absolute Gasteiger partial charge is 0.0729 e. The molecule has 68 valence electrons. The minimum atomic E-state index is 0.591. The van der Waals surface area contributed by atoms with Crippen LogP contribution in [0.5, 0.6) is 0 Å². The van der Waals surface area contributed by atoms with E-state index in [1.165, 1.54) is 10.9 Å². The lowest BCUT2D eigenvalue weighted by atomic mass is 10.2. The molecule has 0 fully saturated rings. The molecule has 0 saturated heterocycles. The molecule has 0 aliphatic carbocycles. The van der Waals surface area contributed by atoms with Crippen LogP contribution in [0.25, 0.3) is 10.9 Å². The van der Waals surface area contributed by atoms with Gasteiger partial charge in [-0.2, -0.15) is 5.10 Å². The van der Waals surface area contributed by atoms with Gasteiger partial charge in [0.25, 0.3) is 0 Å². The Morgan fingerprint density at radius 2 is 2.38 bits per heavy atom. The normalized spacial score (nSPS) is 11.8. The van der Waals surface area contributed by atoms with Crippen molar-refractivity contribution in [2.24, 2.45) is 5.73 Å². The topological polar surface area (TPSA) is 43.8 Å². The van der Waals surface area contributed by atoms with E-state index in [1.807, 2.05) is 10.6 Å². The van der Waals surface area contributed by atoms with E-state index in [1.54, 1.807) is 0 Å². The maximum Gasteiger partial charge on any atom is 0.0729 e. The van der Waals surface area contributed by atoms with Gasteiger partial charge in [-0.25, -0.2) is 4.45 Å². The summed E-state index contributed by atoms with van der Waals surface area (Å²) in [6.07, 6.45) is 2.54. The van der Waals surface area contributed by atoms with Crippen molar-refractivity contribution in [1.82, 2.24) is 9.55 Å². The number of nitrogens with zero attached hydrogens (tertiary/aromatic N) is 2. The van der Waals surface area contributed by atoms with Crippen molar-refractivity contribution in [2.75, 3.05) is 0 Å². The number of nitrogens with two attached hydrogens (primary N) is 1. The van der Waals surface area contributed by atoms with Gasteiger partial charge in [-0.15, -0.1) is 0 Å². The molecule has 2 rings (SSSR count). The van der Waals surface area contributed by atoms with Gasteiger partial charge in [0.15, 0.2) is 0 Å². The largest absolute Gasteiger partial charge is 0.326 e. The predicted molar refractivity (Wildman–Crippen MR) is 65.4 cm³/mol. The molecule has 0 bridgehead atoms. The Kier molecular flexibility index (Phi) is 2.81. The maximum absolute atomic E-state index is 5.55. The maximum atomic E-state index is 5.55. The van der Waals surface area contributed by atoms with Crippen LogP contribution < -0.4 is 5.73 Å². The van der Waals surface area contributed by atoms with Crippen LogP contribution in [0.2, 0.25) is 0 Å². The molecule has 5 heteroatoms. The zero-order valence-electron chi connectivity index (χ0n) is 6.87. The molecule has 3 nitrogen and oxygen atoms in total. The molecule has 1 aromatic carbocycles. The van der Waals surface area contributed by atoms with E-state index in [-0.39, 0.29) is 0 Å². The summed E-state index contributed by atoms with van der Waals surface area (Å²) in [5, 5.41) is 5.44. The van der Waals surface area contributed by atoms with Crippen molar-refractivity contribution in [3.63, 3.8) is 0 Å². The average Bonchev–Trinajstić information content (AvgIpc) is 2.59. The first-order valence-corrected chi connectivity index (χ1v) is 7.94. The van der Waals surface area contributed by atoms with Gasteiger partial charge in [0.05, 0.1) is 18.1 Å². The molecule has 2 N–H and O–H groups in total. The van der Waals surface area contributed by atoms with Crippen molar-refractivity contribution in [3.05, 3.63) is 30.0 Å². The molecule has 0 amide bonds. The molecule has 1 heterocycles. The highest BCUT2D eigenvalue weighted by molar-refractivity contribution is 14.2. The lowest BCUT2D eigenvalue weighted by Gasteiger charge is -1.98. The Morgan fingerprint density at radius 1 is 1.54 bits per heavy atom. The van der Waals surface area contributed by atoms with Crippen LogP contribution in [0.4, 0.5) is 0 Å². The van der Waals surface area contributed by atoms with Gasteiger partial charge in [0.1, 0.15) is 0 Å². The Bertz CT molecular complexity index is 426. The lowest BCUT2D eigenvalue weighted by molar-refractivity contribution is 1.04. The molecular formula is C8H9IN3P. The van der Waals surface area contributed by atoms with Crippen molar-refractivity contribution >= 4 is 39.3 Å². The first-order valence-electron chi connectivity index (χ1n) is 3.88. The van der Waals surface area contributed by atoms with E-state index < -0.39 is 0 Å². The number of aromatic nitrogens is 2. The highest BCUT2D eigenvalue weighted by Crippen LogP contribution is 2.28. The Hall–Kier alpha value is -0.190. The fourth-order valence-electron chi connectivity index (χ4n) is 1.28. The van der Waals surface area contributed by atoms with Crippen LogP contribution in [0.3, 0.4) is 0 Å². The third kappa shape index (κ3) is 1.71. The predicted octanol–water partition coefficient (Wildman–Crippen LogP) is 2.29. The van der Waals surface area contributed by atoms with Crippen LogP contribution in [0.15, 0.2) is 24.4 Å². The minimum Gasteiger partial charge on any atom is -0.326 e. The van der Waals surface area contributed by atoms with Crippen molar-refractivity contribution in [2.45, 2.75) is 6.54 Å². The third-order valence-corrected chi connectivity index (χ3v) is 3.84. The quantitative estimate of drug-likeness (QED) is 0.683. The van der Waals surface area contributed by atoms with Gasteiger partial charge < -0.3 is 5.73 Å². The first-order chi connectivity index (χ1) is 6.35. The van der Waals surface area contributed by atoms with Crippen molar-refractivity contribution in [3.8, 4) is 0 Å². The van der Waals surface area contributed by atoms with Gasteiger partial charge in [0.2, 0.25) is 0 Å². The Morgan fingerprint density at radius 3 is 3.08 bits per heavy atom. The molecule has 0 radical (unpaired) electrons. The Labute approximate surface area is 91.0 Å². The molecule has 1 aromatic heterocycles. The second kappa shape index (κ2) is 3.90. The molecule has 1 unspecified atom stereocenters. The van der Waals surface area contributed by atoms with Crippen LogP contribution in [0, 0.1) is 0 Å². The average molecular weight is 305 g/mol. The van der Waals surface area contributed by atoms with Crippen LogP contribution in [-0.2, 0) is 6.54 Å². The van der Waals surface area contributed by atoms with Gasteiger partial charge in [-0.3, -0.25) is 0 Å². The minimum absolute atomic E-state index is 0.591. The van der Waals surface area contributed by atoms with E-state index in [0.29, 0.717) is 12.9 Å². The summed E-state index contributed by atoms with van der Waals surface area (Å²) in [5.41, 5.74) is 7.89. The fraction of sp³-hybridized carbons (Fsp3) is 0.125. The molecular weight excluding hydrogens is 296 g/mol. The summed E-state index contributed by atoms with van der Waals surface area (Å²) in [5.74, 6) is 0. The molecule has 0 aliphatic rings. The molecule has 1 atom stereocenters. The zero-order valence-corrected chi connectivity index (χ0v) is 10.0. The van der Waals surface area contributed by atoms with E-state index in [2.05, 4.69) is 45.3 Å². The molecule has 2 aromatic rings. The second-order valence-electron chi connectivity index (χ2n) is 2.74. The summed E-state index contributed by atoms with van der Waals surface area (Å²) < 4.78 is 2.00. The van der Waals surface area contributed by atoms with Crippen molar-refractivity contribution in [1.29, 1.82) is 0 Å². The van der Waals surface area contributed by atoms with Crippen LogP contribution in [-0.4, -0.2) is 9.55 Å². The van der Waals surface area contributed by atoms with E-state index >= 15 is 0 Å². The standard InChI is InChI=1S/C8H9IN3P/c9-13-12-8-2-1-6(4-10)3-7(8)5-11-12/h1-3,5,13H,4,10H2. The summed E-state index contributed by atoms with van der Waals surface area (Å²) in [4.78, 5) is 0. The summed E-state index contributed by atoms with van der Waals surface area (Å²) in [7, 11) is 0. The molecule has 0 saturated carbocycles.